The highest BCUT2D eigenvalue weighted by Gasteiger charge is 2.38. The summed E-state index contributed by atoms with van der Waals surface area (Å²) >= 11 is 0. The topological polar surface area (TPSA) is 71.9 Å². The largest absolute Gasteiger partial charge is 0.497 e. The predicted molar refractivity (Wildman–Crippen MR) is 110 cm³/mol. The van der Waals surface area contributed by atoms with Crippen LogP contribution in [0.2, 0.25) is 0 Å². The van der Waals surface area contributed by atoms with E-state index in [1.165, 1.54) is 0 Å². The molecular formula is C23H24N2O4. The van der Waals surface area contributed by atoms with Gasteiger partial charge in [0, 0.05) is 29.8 Å². The van der Waals surface area contributed by atoms with Gasteiger partial charge in [-0.3, -0.25) is 14.7 Å². The van der Waals surface area contributed by atoms with Crippen molar-refractivity contribution in [3.05, 3.63) is 65.9 Å². The fraction of sp³-hybridized carbons (Fsp3) is 0.304. The predicted octanol–water partition coefficient (Wildman–Crippen LogP) is 3.89. The molecule has 2 aromatic carbocycles. The van der Waals surface area contributed by atoms with Crippen molar-refractivity contribution in [1.82, 2.24) is 9.88 Å². The zero-order valence-corrected chi connectivity index (χ0v) is 16.5. The monoisotopic (exact) mass is 392 g/mol. The number of hydrogen-bond acceptors (Lipinski definition) is 5. The number of aromatic nitrogens is 1. The normalized spacial score (nSPS) is 17.9. The number of hydrogen-bond donors (Lipinski definition) is 1. The first kappa shape index (κ1) is 19.2. The van der Waals surface area contributed by atoms with Gasteiger partial charge in [0.2, 0.25) is 0 Å². The zero-order chi connectivity index (χ0) is 20.4. The van der Waals surface area contributed by atoms with Crippen LogP contribution in [0.3, 0.4) is 0 Å². The van der Waals surface area contributed by atoms with Crippen LogP contribution >= 0.6 is 0 Å². The highest BCUT2D eigenvalue weighted by atomic mass is 16.5. The van der Waals surface area contributed by atoms with Gasteiger partial charge in [-0.25, -0.2) is 0 Å². The Bertz CT molecular complexity index is 1030. The molecule has 1 aliphatic rings. The first-order valence-electron chi connectivity index (χ1n) is 9.68. The Morgan fingerprint density at radius 2 is 1.97 bits per heavy atom. The molecule has 1 N–H and O–H groups in total. The molecule has 1 saturated heterocycles. The average Bonchev–Trinajstić information content (AvgIpc) is 3.24. The summed E-state index contributed by atoms with van der Waals surface area (Å²) in [5.41, 5.74) is 2.82. The molecule has 0 bridgehead atoms. The Morgan fingerprint density at radius 1 is 1.14 bits per heavy atom. The molecule has 0 amide bonds. The molecule has 1 aromatic heterocycles. The van der Waals surface area contributed by atoms with Crippen molar-refractivity contribution in [3.8, 4) is 11.5 Å². The quantitative estimate of drug-likeness (QED) is 0.686. The first-order valence-corrected chi connectivity index (χ1v) is 9.68. The second-order valence-electron chi connectivity index (χ2n) is 7.16. The number of carboxylic acids is 1. The maximum Gasteiger partial charge on any atom is 0.320 e. The lowest BCUT2D eigenvalue weighted by Gasteiger charge is -2.33. The third-order valence-corrected chi connectivity index (χ3v) is 5.62. The minimum absolute atomic E-state index is 0.271. The number of aliphatic carboxylic acids is 1. The van der Waals surface area contributed by atoms with Crippen LogP contribution in [0.15, 0.2) is 54.7 Å². The van der Waals surface area contributed by atoms with E-state index in [-0.39, 0.29) is 6.04 Å². The van der Waals surface area contributed by atoms with Crippen LogP contribution in [-0.2, 0) is 4.79 Å². The minimum Gasteiger partial charge on any atom is -0.497 e. The number of rotatable bonds is 6. The highest BCUT2D eigenvalue weighted by Crippen LogP contribution is 2.42. The molecule has 2 atom stereocenters. The molecular weight excluding hydrogens is 368 g/mol. The lowest BCUT2D eigenvalue weighted by molar-refractivity contribution is -0.142. The van der Waals surface area contributed by atoms with E-state index in [1.54, 1.807) is 20.4 Å². The maximum absolute atomic E-state index is 12.0. The van der Waals surface area contributed by atoms with Crippen molar-refractivity contribution in [2.75, 3.05) is 20.8 Å². The summed E-state index contributed by atoms with van der Waals surface area (Å²) in [6, 6.07) is 14.8. The van der Waals surface area contributed by atoms with Gasteiger partial charge in [-0.15, -0.1) is 0 Å². The number of carbonyl (C=O) groups is 1. The van der Waals surface area contributed by atoms with Crippen LogP contribution in [0.4, 0.5) is 0 Å². The van der Waals surface area contributed by atoms with Gasteiger partial charge in [-0.1, -0.05) is 18.2 Å². The number of carboxylic acid groups (broad SMARTS) is 1. The fourth-order valence-electron chi connectivity index (χ4n) is 4.29. The van der Waals surface area contributed by atoms with E-state index in [0.717, 1.165) is 28.5 Å². The number of ether oxygens (including phenoxy) is 2. The average molecular weight is 392 g/mol. The minimum atomic E-state index is -0.793. The van der Waals surface area contributed by atoms with E-state index >= 15 is 0 Å². The molecule has 0 aliphatic carbocycles. The molecule has 0 spiro atoms. The molecule has 2 unspecified atom stereocenters. The van der Waals surface area contributed by atoms with E-state index in [9.17, 15) is 9.90 Å². The number of pyridine rings is 1. The standard InChI is InChI=1S/C23H24N2O4/c1-28-15-9-10-18(21(14-15)29-2)22(25-13-5-8-20(25)23(26)27)17-11-12-24-19-7-4-3-6-16(17)19/h3-4,6-7,9-12,14,20,22H,5,8,13H2,1-2H3,(H,26,27). The van der Waals surface area contributed by atoms with E-state index in [1.807, 2.05) is 48.5 Å². The van der Waals surface area contributed by atoms with Crippen LogP contribution < -0.4 is 9.47 Å². The van der Waals surface area contributed by atoms with Gasteiger partial charge in [0.05, 0.1) is 25.8 Å². The summed E-state index contributed by atoms with van der Waals surface area (Å²) < 4.78 is 11.0. The molecule has 0 radical (unpaired) electrons. The highest BCUT2D eigenvalue weighted by molar-refractivity contribution is 5.83. The summed E-state index contributed by atoms with van der Waals surface area (Å²) in [4.78, 5) is 18.5. The lowest BCUT2D eigenvalue weighted by Crippen LogP contribution is -2.39. The van der Waals surface area contributed by atoms with Crippen LogP contribution in [0.25, 0.3) is 10.9 Å². The Balaban J connectivity index is 1.94. The lowest BCUT2D eigenvalue weighted by atomic mass is 9.92. The van der Waals surface area contributed by atoms with E-state index in [4.69, 9.17) is 9.47 Å². The van der Waals surface area contributed by atoms with Crippen LogP contribution in [0, 0.1) is 0 Å². The smallest absolute Gasteiger partial charge is 0.320 e. The number of nitrogens with zero attached hydrogens (tertiary/aromatic N) is 2. The Labute approximate surface area is 169 Å². The SMILES string of the molecule is COc1ccc(C(c2ccnc3ccccc23)N2CCCC2C(=O)O)c(OC)c1. The number of benzene rings is 2. The van der Waals surface area contributed by atoms with Crippen molar-refractivity contribution < 1.29 is 19.4 Å². The maximum atomic E-state index is 12.0. The Kier molecular flexibility index (Phi) is 5.36. The van der Waals surface area contributed by atoms with Gasteiger partial charge in [-0.05, 0) is 42.7 Å². The number of para-hydroxylation sites is 1. The van der Waals surface area contributed by atoms with Crippen molar-refractivity contribution in [1.29, 1.82) is 0 Å². The second kappa shape index (κ2) is 8.09. The van der Waals surface area contributed by atoms with Crippen LogP contribution in [0.1, 0.15) is 30.0 Å². The van der Waals surface area contributed by atoms with E-state index in [0.29, 0.717) is 24.5 Å². The van der Waals surface area contributed by atoms with Gasteiger partial charge in [0.1, 0.15) is 17.5 Å². The van der Waals surface area contributed by atoms with Crippen molar-refractivity contribution in [2.24, 2.45) is 0 Å². The molecule has 6 heteroatoms. The molecule has 6 nitrogen and oxygen atoms in total. The molecule has 3 aromatic rings. The third-order valence-electron chi connectivity index (χ3n) is 5.62. The van der Waals surface area contributed by atoms with Crippen molar-refractivity contribution in [2.45, 2.75) is 24.9 Å². The Morgan fingerprint density at radius 3 is 2.72 bits per heavy atom. The van der Waals surface area contributed by atoms with Crippen LogP contribution in [-0.4, -0.2) is 47.8 Å². The van der Waals surface area contributed by atoms with E-state index < -0.39 is 12.0 Å². The third kappa shape index (κ3) is 3.51. The molecule has 150 valence electrons. The summed E-state index contributed by atoms with van der Waals surface area (Å²) in [5, 5.41) is 10.9. The summed E-state index contributed by atoms with van der Waals surface area (Å²) in [5.74, 6) is 0.574. The molecule has 1 aliphatic heterocycles. The first-order chi connectivity index (χ1) is 14.1. The molecule has 2 heterocycles. The number of fused-ring (bicyclic) bond motifs is 1. The van der Waals surface area contributed by atoms with Gasteiger partial charge >= 0.3 is 5.97 Å². The molecule has 0 saturated carbocycles. The molecule has 4 rings (SSSR count). The van der Waals surface area contributed by atoms with Crippen molar-refractivity contribution >= 4 is 16.9 Å². The fourth-order valence-corrected chi connectivity index (χ4v) is 4.29. The van der Waals surface area contributed by atoms with Gasteiger partial charge < -0.3 is 14.6 Å². The van der Waals surface area contributed by atoms with E-state index in [2.05, 4.69) is 9.88 Å². The molecule has 1 fully saturated rings. The van der Waals surface area contributed by atoms with Gasteiger partial charge in [0.15, 0.2) is 0 Å². The summed E-state index contributed by atoms with van der Waals surface area (Å²) in [6.45, 7) is 0.702. The van der Waals surface area contributed by atoms with Gasteiger partial charge in [0.25, 0.3) is 0 Å². The molecule has 29 heavy (non-hydrogen) atoms. The summed E-state index contributed by atoms with van der Waals surface area (Å²) in [6.07, 6.45) is 3.26. The second-order valence-corrected chi connectivity index (χ2v) is 7.16. The summed E-state index contributed by atoms with van der Waals surface area (Å²) in [7, 11) is 3.24. The number of likely N-dealkylation sites (tertiary alicyclic amines) is 1. The number of methoxy groups -OCH3 is 2. The van der Waals surface area contributed by atoms with Crippen LogP contribution in [0.5, 0.6) is 11.5 Å². The Hall–Kier alpha value is -3.12. The zero-order valence-electron chi connectivity index (χ0n) is 16.5. The van der Waals surface area contributed by atoms with Gasteiger partial charge in [-0.2, -0.15) is 0 Å². The van der Waals surface area contributed by atoms with Crippen molar-refractivity contribution in [3.63, 3.8) is 0 Å².